The summed E-state index contributed by atoms with van der Waals surface area (Å²) in [5, 5.41) is 12.7. The lowest BCUT2D eigenvalue weighted by molar-refractivity contribution is 0.0926. The Balaban J connectivity index is 1.70. The van der Waals surface area contributed by atoms with Crippen LogP contribution in [-0.4, -0.2) is 34.4 Å². The van der Waals surface area contributed by atoms with Gasteiger partial charge in [0, 0.05) is 21.0 Å². The van der Waals surface area contributed by atoms with Gasteiger partial charge in [-0.15, -0.1) is 15.3 Å². The van der Waals surface area contributed by atoms with E-state index in [2.05, 4.69) is 15.3 Å². The van der Waals surface area contributed by atoms with E-state index < -0.39 is 11.5 Å². The molecule has 5 rings (SSSR count). The summed E-state index contributed by atoms with van der Waals surface area (Å²) in [6.07, 6.45) is 0. The Hall–Kier alpha value is -4.80. The largest absolute Gasteiger partial charge is 0.299 e. The van der Waals surface area contributed by atoms with Crippen LogP contribution in [-0.2, 0) is 14.1 Å². The molecule has 0 saturated heterocycles. The Morgan fingerprint density at radius 3 is 1.86 bits per heavy atom. The van der Waals surface area contributed by atoms with Gasteiger partial charge in [0.15, 0.2) is 11.2 Å². The molecule has 0 aliphatic rings. The highest BCUT2D eigenvalue weighted by Crippen LogP contribution is 2.27. The Morgan fingerprint density at radius 1 is 0.771 bits per heavy atom. The number of aromatic nitrogens is 6. The van der Waals surface area contributed by atoms with Crippen molar-refractivity contribution in [1.29, 1.82) is 0 Å². The summed E-state index contributed by atoms with van der Waals surface area (Å²) in [5.74, 6) is -0.389. The smallest absolute Gasteiger partial charge is 0.283 e. The van der Waals surface area contributed by atoms with Gasteiger partial charge in [-0.1, -0.05) is 36.4 Å². The normalized spacial score (nSPS) is 11.7. The van der Waals surface area contributed by atoms with Gasteiger partial charge in [-0.05, 0) is 31.2 Å². The molecule has 11 nitrogen and oxygen atoms in total. The molecule has 3 heterocycles. The van der Waals surface area contributed by atoms with Gasteiger partial charge < -0.3 is 0 Å². The minimum atomic E-state index is -0.443. The topological polar surface area (TPSA) is 113 Å². The third-order valence-corrected chi connectivity index (χ3v) is 5.93. The Morgan fingerprint density at radius 2 is 1.31 bits per heavy atom. The van der Waals surface area contributed by atoms with Gasteiger partial charge in [-0.3, -0.25) is 23.7 Å². The number of aryl methyl sites for hydroxylation is 1. The highest BCUT2D eigenvalue weighted by molar-refractivity contribution is 5.93. The van der Waals surface area contributed by atoms with Crippen LogP contribution in [0.2, 0.25) is 0 Å². The molecular formula is C24H22N8O3. The summed E-state index contributed by atoms with van der Waals surface area (Å²) in [6, 6.07) is 18.2. The number of carbonyl (C=O) groups excluding carboxylic acids is 1. The first-order valence-corrected chi connectivity index (χ1v) is 10.8. The zero-order chi connectivity index (χ0) is 24.9. The van der Waals surface area contributed by atoms with Crippen molar-refractivity contribution in [3.05, 3.63) is 87.1 Å². The van der Waals surface area contributed by atoms with Crippen LogP contribution >= 0.6 is 0 Å². The number of azo groups is 1. The van der Waals surface area contributed by atoms with Crippen LogP contribution in [0, 0.1) is 6.92 Å². The summed E-state index contributed by atoms with van der Waals surface area (Å²) >= 11 is 0. The van der Waals surface area contributed by atoms with Crippen LogP contribution in [0.3, 0.4) is 0 Å². The van der Waals surface area contributed by atoms with Crippen molar-refractivity contribution < 1.29 is 4.79 Å². The minimum Gasteiger partial charge on any atom is -0.283 e. The molecule has 3 aromatic heterocycles. The monoisotopic (exact) mass is 470 g/mol. The van der Waals surface area contributed by atoms with E-state index in [1.807, 2.05) is 48.5 Å². The summed E-state index contributed by atoms with van der Waals surface area (Å²) in [5.41, 5.74) is 1.70. The van der Waals surface area contributed by atoms with E-state index in [-0.39, 0.29) is 22.6 Å². The van der Waals surface area contributed by atoms with Crippen LogP contribution < -0.4 is 11.1 Å². The maximum absolute atomic E-state index is 13.3. The molecule has 0 N–H and O–H groups in total. The molecule has 0 spiro atoms. The highest BCUT2D eigenvalue weighted by atomic mass is 16.2. The summed E-state index contributed by atoms with van der Waals surface area (Å²) in [7, 11) is 3.44. The first kappa shape index (κ1) is 22.0. The fraction of sp³-hybridized carbons (Fsp3) is 0.167. The SMILES string of the molecule is CC(=O)n1nc(N=Nc2c(C)n(C)n(-c3ccccc3)c2=O)c2c1c(=O)n(-c1ccccc1)n2C. The van der Waals surface area contributed by atoms with Crippen LogP contribution in [0.25, 0.3) is 22.4 Å². The molecule has 0 fully saturated rings. The second-order valence-corrected chi connectivity index (χ2v) is 8.04. The van der Waals surface area contributed by atoms with Crippen LogP contribution in [0.5, 0.6) is 0 Å². The molecule has 0 aliphatic heterocycles. The molecule has 0 bridgehead atoms. The van der Waals surface area contributed by atoms with E-state index in [0.29, 0.717) is 22.6 Å². The van der Waals surface area contributed by atoms with E-state index >= 15 is 0 Å². The van der Waals surface area contributed by atoms with Crippen molar-refractivity contribution in [2.75, 3.05) is 0 Å². The highest BCUT2D eigenvalue weighted by Gasteiger charge is 2.24. The zero-order valence-electron chi connectivity index (χ0n) is 19.6. The molecular weight excluding hydrogens is 448 g/mol. The average Bonchev–Trinajstić information content (AvgIpc) is 3.43. The molecule has 0 saturated carbocycles. The summed E-state index contributed by atoms with van der Waals surface area (Å²) in [6.45, 7) is 3.08. The lowest BCUT2D eigenvalue weighted by atomic mass is 10.3. The molecule has 2 aromatic carbocycles. The number of carbonyl (C=O) groups is 1. The van der Waals surface area contributed by atoms with Gasteiger partial charge in [-0.2, -0.15) is 4.68 Å². The Kier molecular flexibility index (Phi) is 5.16. The van der Waals surface area contributed by atoms with Crippen molar-refractivity contribution in [3.8, 4) is 11.4 Å². The molecule has 0 radical (unpaired) electrons. The van der Waals surface area contributed by atoms with Gasteiger partial charge in [0.25, 0.3) is 11.1 Å². The number of rotatable bonds is 4. The van der Waals surface area contributed by atoms with Gasteiger partial charge in [0.1, 0.15) is 5.52 Å². The summed E-state index contributed by atoms with van der Waals surface area (Å²) < 4.78 is 7.22. The van der Waals surface area contributed by atoms with Crippen molar-refractivity contribution in [3.63, 3.8) is 0 Å². The van der Waals surface area contributed by atoms with Gasteiger partial charge in [-0.25, -0.2) is 9.36 Å². The quantitative estimate of drug-likeness (QED) is 0.375. The maximum atomic E-state index is 13.3. The second-order valence-electron chi connectivity index (χ2n) is 8.04. The van der Waals surface area contributed by atoms with E-state index in [0.717, 1.165) is 4.68 Å². The lowest BCUT2D eigenvalue weighted by Gasteiger charge is -2.07. The maximum Gasteiger partial charge on any atom is 0.299 e. The van der Waals surface area contributed by atoms with E-state index in [9.17, 15) is 14.4 Å². The van der Waals surface area contributed by atoms with Crippen LogP contribution in [0.15, 0.2) is 80.5 Å². The lowest BCUT2D eigenvalue weighted by Crippen LogP contribution is -2.22. The van der Waals surface area contributed by atoms with E-state index in [1.54, 1.807) is 42.5 Å². The predicted octanol–water partition coefficient (Wildman–Crippen LogP) is 3.40. The molecule has 0 aliphatic carbocycles. The fourth-order valence-corrected chi connectivity index (χ4v) is 4.15. The first-order chi connectivity index (χ1) is 16.8. The number of para-hydroxylation sites is 2. The third kappa shape index (κ3) is 3.36. The van der Waals surface area contributed by atoms with Gasteiger partial charge in [0.05, 0.1) is 17.1 Å². The van der Waals surface area contributed by atoms with Gasteiger partial charge >= 0.3 is 0 Å². The van der Waals surface area contributed by atoms with Crippen LogP contribution in [0.1, 0.15) is 17.4 Å². The standard InChI is InChI=1S/C24H22N8O3/c1-15-19(23(34)31(28(15)3)17-11-7-5-8-12-17)25-26-22-20-21(30(27-22)16(2)33)24(35)32(29(20)4)18-13-9-6-10-14-18/h5-14H,1-4H3. The molecule has 0 amide bonds. The predicted molar refractivity (Wildman–Crippen MR) is 131 cm³/mol. The summed E-state index contributed by atoms with van der Waals surface area (Å²) in [4.78, 5) is 38.7. The number of benzene rings is 2. The fourth-order valence-electron chi connectivity index (χ4n) is 4.15. The minimum absolute atomic E-state index is 0.0541. The van der Waals surface area contributed by atoms with Gasteiger partial charge in [0.2, 0.25) is 11.7 Å². The molecule has 35 heavy (non-hydrogen) atoms. The number of hydrogen-bond donors (Lipinski definition) is 0. The molecule has 0 unspecified atom stereocenters. The van der Waals surface area contributed by atoms with Crippen molar-refractivity contribution in [2.45, 2.75) is 13.8 Å². The number of nitrogens with zero attached hydrogens (tertiary/aromatic N) is 8. The second kappa shape index (κ2) is 8.20. The molecule has 5 aromatic rings. The van der Waals surface area contributed by atoms with E-state index in [1.165, 1.54) is 16.3 Å². The molecule has 0 atom stereocenters. The van der Waals surface area contributed by atoms with E-state index in [4.69, 9.17) is 0 Å². The first-order valence-electron chi connectivity index (χ1n) is 10.8. The van der Waals surface area contributed by atoms with Crippen LogP contribution in [0.4, 0.5) is 11.5 Å². The van der Waals surface area contributed by atoms with Crippen molar-refractivity contribution in [1.82, 2.24) is 28.5 Å². The average molecular weight is 470 g/mol. The number of hydrogen-bond acceptors (Lipinski definition) is 6. The number of fused-ring (bicyclic) bond motifs is 1. The third-order valence-electron chi connectivity index (χ3n) is 5.93. The van der Waals surface area contributed by atoms with Crippen molar-refractivity contribution in [2.24, 2.45) is 24.3 Å². The Bertz CT molecular complexity index is 1730. The Labute approximate surface area is 198 Å². The zero-order valence-corrected chi connectivity index (χ0v) is 19.6. The van der Waals surface area contributed by atoms with Crippen molar-refractivity contribution >= 4 is 28.4 Å². The molecule has 176 valence electrons. The molecule has 11 heteroatoms.